The Morgan fingerprint density at radius 3 is 2.76 bits per heavy atom. The normalized spacial score (nSPS) is 28.7. The molecule has 1 aromatic rings. The van der Waals surface area contributed by atoms with Crippen molar-refractivity contribution in [2.45, 2.75) is 70.2 Å². The van der Waals surface area contributed by atoms with Crippen LogP contribution in [0.1, 0.15) is 56.6 Å². The second-order valence-electron chi connectivity index (χ2n) is 10.5. The van der Waals surface area contributed by atoms with Gasteiger partial charge in [-0.15, -0.1) is 11.8 Å². The molecular weight excluding hydrogens is 424 g/mol. The van der Waals surface area contributed by atoms with Crippen LogP contribution in [-0.4, -0.2) is 78.1 Å². The van der Waals surface area contributed by atoms with Gasteiger partial charge in [0.2, 0.25) is 0 Å². The van der Waals surface area contributed by atoms with Gasteiger partial charge in [0, 0.05) is 56.4 Å². The van der Waals surface area contributed by atoms with Crippen molar-refractivity contribution in [1.82, 2.24) is 9.80 Å². The Hall–Kier alpha value is -1.84. The molecule has 0 aromatic heterocycles. The minimum absolute atomic E-state index is 0.0201. The number of aryl methyl sites for hydroxylation is 1. The highest BCUT2D eigenvalue weighted by Gasteiger charge is 2.48. The molecule has 0 radical (unpaired) electrons. The van der Waals surface area contributed by atoms with Gasteiger partial charge in [-0.1, -0.05) is 37.3 Å². The first kappa shape index (κ1) is 25.3. The molecule has 2 fully saturated rings. The largest absolute Gasteiger partial charge is 0.489 e. The zero-order valence-corrected chi connectivity index (χ0v) is 21.1. The van der Waals surface area contributed by atoms with E-state index in [9.17, 15) is 10.2 Å². The van der Waals surface area contributed by atoms with E-state index in [1.54, 1.807) is 0 Å². The van der Waals surface area contributed by atoms with Gasteiger partial charge in [0.1, 0.15) is 11.9 Å². The number of unbranched alkanes of at least 4 members (excludes halogenated alkanes) is 1. The molecule has 2 heterocycles. The van der Waals surface area contributed by atoms with Gasteiger partial charge in [0.15, 0.2) is 0 Å². The van der Waals surface area contributed by atoms with Crippen LogP contribution in [0.5, 0.6) is 5.75 Å². The molecule has 0 spiro atoms. The van der Waals surface area contributed by atoms with Crippen molar-refractivity contribution in [3.8, 4) is 17.6 Å². The first-order valence-corrected chi connectivity index (χ1v) is 13.1. The fraction of sp³-hybridized carbons (Fsp3) is 0.655. The van der Waals surface area contributed by atoms with Gasteiger partial charge in [-0.05, 0) is 51.3 Å². The summed E-state index contributed by atoms with van der Waals surface area (Å²) in [5, 5.41) is 21.3. The summed E-state index contributed by atoms with van der Waals surface area (Å²) in [7, 11) is 2.20. The lowest BCUT2D eigenvalue weighted by atomic mass is 9.86. The van der Waals surface area contributed by atoms with Crippen molar-refractivity contribution in [2.75, 3.05) is 39.8 Å². The number of ether oxygens (including phenoxy) is 1. The zero-order chi connectivity index (χ0) is 24.1. The number of nitrogens with zero attached hydrogens (tertiary/aromatic N) is 2. The average Bonchev–Trinajstić information content (AvgIpc) is 3.34. The van der Waals surface area contributed by atoms with E-state index in [0.717, 1.165) is 18.6 Å². The van der Waals surface area contributed by atoms with Crippen LogP contribution in [0.3, 0.4) is 0 Å². The molecular formula is C29H42N2O3. The van der Waals surface area contributed by atoms with Crippen LogP contribution in [0.2, 0.25) is 0 Å². The second kappa shape index (κ2) is 11.7. The molecule has 4 rings (SSSR count). The van der Waals surface area contributed by atoms with Crippen molar-refractivity contribution < 1.29 is 14.9 Å². The zero-order valence-electron chi connectivity index (χ0n) is 21.1. The maximum Gasteiger partial charge on any atom is 0.126 e. The summed E-state index contributed by atoms with van der Waals surface area (Å²) in [6, 6.07) is 6.52. The van der Waals surface area contributed by atoms with E-state index in [1.807, 2.05) is 26.0 Å². The quantitative estimate of drug-likeness (QED) is 0.332. The van der Waals surface area contributed by atoms with Crippen molar-refractivity contribution in [3.05, 3.63) is 41.5 Å². The Morgan fingerprint density at radius 1 is 1.21 bits per heavy atom. The van der Waals surface area contributed by atoms with Crippen molar-refractivity contribution in [1.29, 1.82) is 0 Å². The smallest absolute Gasteiger partial charge is 0.126 e. The van der Waals surface area contributed by atoms with E-state index in [-0.39, 0.29) is 23.9 Å². The lowest BCUT2D eigenvalue weighted by Gasteiger charge is -2.32. The maximum absolute atomic E-state index is 10.8. The molecule has 2 aliphatic heterocycles. The Bertz CT molecular complexity index is 896. The highest BCUT2D eigenvalue weighted by atomic mass is 16.5. The Balaban J connectivity index is 1.36. The van der Waals surface area contributed by atoms with Gasteiger partial charge in [-0.25, -0.2) is 0 Å². The van der Waals surface area contributed by atoms with Crippen molar-refractivity contribution >= 4 is 0 Å². The molecule has 0 unspecified atom stereocenters. The Kier molecular flexibility index (Phi) is 8.71. The number of para-hydroxylation sites is 1. The maximum atomic E-state index is 10.8. The third-order valence-electron chi connectivity index (χ3n) is 7.97. The van der Waals surface area contributed by atoms with Crippen LogP contribution < -0.4 is 4.74 Å². The van der Waals surface area contributed by atoms with E-state index in [0.29, 0.717) is 12.8 Å². The van der Waals surface area contributed by atoms with Gasteiger partial charge in [0.25, 0.3) is 0 Å². The van der Waals surface area contributed by atoms with Crippen molar-refractivity contribution in [2.24, 2.45) is 11.8 Å². The van der Waals surface area contributed by atoms with E-state index >= 15 is 0 Å². The number of hydrogen-bond acceptors (Lipinski definition) is 5. The van der Waals surface area contributed by atoms with Gasteiger partial charge in [0.05, 0.1) is 12.2 Å². The predicted octanol–water partition coefficient (Wildman–Crippen LogP) is 3.45. The number of aliphatic hydroxyl groups is 2. The van der Waals surface area contributed by atoms with Crippen LogP contribution in [0.15, 0.2) is 30.4 Å². The molecule has 1 aliphatic carbocycles. The summed E-state index contributed by atoms with van der Waals surface area (Å²) in [6.45, 7) is 9.72. The summed E-state index contributed by atoms with van der Waals surface area (Å²) >= 11 is 0. The summed E-state index contributed by atoms with van der Waals surface area (Å²) in [5.41, 5.74) is 2.53. The summed E-state index contributed by atoms with van der Waals surface area (Å²) < 4.78 is 6.44. The number of fused-ring (bicyclic) bond motifs is 3. The van der Waals surface area contributed by atoms with Crippen LogP contribution in [0, 0.1) is 23.7 Å². The first-order chi connectivity index (χ1) is 16.5. The number of benzene rings is 1. The molecule has 6 atom stereocenters. The van der Waals surface area contributed by atoms with Crippen molar-refractivity contribution in [3.63, 3.8) is 0 Å². The number of piperazine rings is 1. The number of rotatable bonds is 9. The highest BCUT2D eigenvalue weighted by molar-refractivity contribution is 5.49. The van der Waals surface area contributed by atoms with E-state index < -0.39 is 12.2 Å². The van der Waals surface area contributed by atoms with Gasteiger partial charge in [-0.2, -0.15) is 0 Å². The first-order valence-electron chi connectivity index (χ1n) is 13.1. The van der Waals surface area contributed by atoms with Gasteiger partial charge < -0.3 is 24.7 Å². The minimum Gasteiger partial charge on any atom is -0.489 e. The molecule has 1 saturated heterocycles. The fourth-order valence-corrected chi connectivity index (χ4v) is 5.70. The average molecular weight is 467 g/mol. The van der Waals surface area contributed by atoms with Gasteiger partial charge >= 0.3 is 0 Å². The van der Waals surface area contributed by atoms with Crippen LogP contribution in [-0.2, 0) is 6.42 Å². The molecule has 1 saturated carbocycles. The van der Waals surface area contributed by atoms with E-state index in [4.69, 9.17) is 4.74 Å². The fourth-order valence-electron chi connectivity index (χ4n) is 5.70. The summed E-state index contributed by atoms with van der Waals surface area (Å²) in [4.78, 5) is 4.98. The van der Waals surface area contributed by atoms with E-state index in [2.05, 4.69) is 46.9 Å². The number of likely N-dealkylation sites (N-methyl/N-ethyl adjacent to an activating group) is 1. The molecule has 0 amide bonds. The van der Waals surface area contributed by atoms with Gasteiger partial charge in [-0.3, -0.25) is 0 Å². The molecule has 5 nitrogen and oxygen atoms in total. The predicted molar refractivity (Wildman–Crippen MR) is 137 cm³/mol. The summed E-state index contributed by atoms with van der Waals surface area (Å²) in [6.07, 6.45) is 7.64. The third-order valence-corrected chi connectivity index (χ3v) is 7.97. The SMILES string of the molecule is CC#CC[C@@H](C)[C@H](O)C=C[C@@H]1[C@H]2c3cccc(CCCCN4CCN(C)CC4)c3O[C@H]2C[C@H]1O. The lowest BCUT2D eigenvalue weighted by molar-refractivity contribution is 0.134. The number of hydrogen-bond donors (Lipinski definition) is 2. The molecule has 0 bridgehead atoms. The monoisotopic (exact) mass is 466 g/mol. The highest BCUT2D eigenvalue weighted by Crippen LogP contribution is 2.52. The molecule has 34 heavy (non-hydrogen) atoms. The number of aliphatic hydroxyl groups excluding tert-OH is 2. The molecule has 186 valence electrons. The molecule has 1 aromatic carbocycles. The topological polar surface area (TPSA) is 56.2 Å². The minimum atomic E-state index is -0.555. The summed E-state index contributed by atoms with van der Waals surface area (Å²) in [5.74, 6) is 7.19. The standard InChI is InChI=1S/C29H42N2O3/c1-4-5-9-21(2)25(32)14-13-23-26(33)20-27-28(23)24-12-8-11-22(29(24)34-27)10-6-7-15-31-18-16-30(3)17-19-31/h8,11-14,21,23,25-28,32-33H,6-7,9-10,15-20H2,1-3H3/t21-,23+,25-,26-,27+,28+/m1/s1. The second-order valence-corrected chi connectivity index (χ2v) is 10.5. The Morgan fingerprint density at radius 2 is 2.00 bits per heavy atom. The lowest BCUT2D eigenvalue weighted by Crippen LogP contribution is -2.44. The molecule has 2 N–H and O–H groups in total. The third kappa shape index (κ3) is 5.86. The molecule has 5 heteroatoms. The van der Waals surface area contributed by atoms with Crippen LogP contribution >= 0.6 is 0 Å². The molecule has 3 aliphatic rings. The van der Waals surface area contributed by atoms with Crippen LogP contribution in [0.25, 0.3) is 0 Å². The van der Waals surface area contributed by atoms with E-state index in [1.165, 1.54) is 50.3 Å². The Labute approximate surface area is 205 Å². The van der Waals surface area contributed by atoms with Crippen LogP contribution in [0.4, 0.5) is 0 Å².